The Bertz CT molecular complexity index is 122. The fourth-order valence-electron chi connectivity index (χ4n) is 1.36. The molecule has 11 heavy (non-hydrogen) atoms. The van der Waals surface area contributed by atoms with Crippen LogP contribution in [0, 0.1) is 11.8 Å². The van der Waals surface area contributed by atoms with E-state index in [0.717, 1.165) is 0 Å². The van der Waals surface area contributed by atoms with Gasteiger partial charge >= 0.3 is 0 Å². The van der Waals surface area contributed by atoms with Crippen LogP contribution in [-0.2, 0) is 0 Å². The molecule has 0 rings (SSSR count). The van der Waals surface area contributed by atoms with Gasteiger partial charge in [0.1, 0.15) is 0 Å². The highest BCUT2D eigenvalue weighted by Crippen LogP contribution is 2.19. The molecule has 0 fully saturated rings. The second kappa shape index (κ2) is 4.55. The molecule has 0 saturated heterocycles. The highest BCUT2D eigenvalue weighted by molar-refractivity contribution is 5.10. The van der Waals surface area contributed by atoms with Gasteiger partial charge in [0.05, 0.1) is 0 Å². The molecule has 0 radical (unpaired) electrons. The molecule has 0 aromatic heterocycles. The molecule has 0 aliphatic rings. The Kier molecular flexibility index (Phi) is 4.43. The van der Waals surface area contributed by atoms with E-state index in [4.69, 9.17) is 5.73 Å². The van der Waals surface area contributed by atoms with Crippen molar-refractivity contribution in [3.8, 4) is 0 Å². The predicted molar refractivity (Wildman–Crippen MR) is 51.4 cm³/mol. The maximum atomic E-state index is 5.69. The molecule has 0 aliphatic carbocycles. The minimum Gasteiger partial charge on any atom is -0.325 e. The third-order valence-corrected chi connectivity index (χ3v) is 1.79. The number of hydrogen-bond acceptors (Lipinski definition) is 1. The second-order valence-corrected chi connectivity index (χ2v) is 3.84. The van der Waals surface area contributed by atoms with Gasteiger partial charge in [0.2, 0.25) is 0 Å². The topological polar surface area (TPSA) is 26.0 Å². The van der Waals surface area contributed by atoms with Crippen LogP contribution >= 0.6 is 0 Å². The third kappa shape index (κ3) is 4.20. The van der Waals surface area contributed by atoms with Crippen LogP contribution in [0.2, 0.25) is 0 Å². The summed E-state index contributed by atoms with van der Waals surface area (Å²) in [5, 5.41) is 0. The normalized spacial score (nSPS) is 13.8. The van der Waals surface area contributed by atoms with Crippen LogP contribution in [0.15, 0.2) is 11.6 Å². The van der Waals surface area contributed by atoms with Crippen molar-refractivity contribution in [2.24, 2.45) is 17.6 Å². The molecule has 0 aromatic carbocycles. The van der Waals surface area contributed by atoms with E-state index in [1.807, 2.05) is 6.92 Å². The number of hydrogen-bond donors (Lipinski definition) is 1. The van der Waals surface area contributed by atoms with Gasteiger partial charge in [-0.1, -0.05) is 39.3 Å². The van der Waals surface area contributed by atoms with Gasteiger partial charge in [-0.05, 0) is 18.8 Å². The summed E-state index contributed by atoms with van der Waals surface area (Å²) in [6.07, 6.45) is 2.18. The minimum absolute atomic E-state index is 0.190. The van der Waals surface area contributed by atoms with Gasteiger partial charge in [0.25, 0.3) is 0 Å². The quantitative estimate of drug-likeness (QED) is 0.623. The average molecular weight is 155 g/mol. The molecule has 0 heterocycles. The average Bonchev–Trinajstić information content (AvgIpc) is 1.81. The molecule has 0 aromatic rings. The first kappa shape index (κ1) is 10.7. The Morgan fingerprint density at radius 3 is 1.45 bits per heavy atom. The second-order valence-electron chi connectivity index (χ2n) is 3.84. The summed E-state index contributed by atoms with van der Waals surface area (Å²) in [7, 11) is 0. The van der Waals surface area contributed by atoms with Crippen LogP contribution in [0.25, 0.3) is 0 Å². The highest BCUT2D eigenvalue weighted by Gasteiger charge is 2.07. The lowest BCUT2D eigenvalue weighted by atomic mass is 9.91. The van der Waals surface area contributed by atoms with Gasteiger partial charge in [-0.15, -0.1) is 0 Å². The molecule has 0 aliphatic heterocycles. The lowest BCUT2D eigenvalue weighted by Crippen LogP contribution is -2.15. The van der Waals surface area contributed by atoms with Gasteiger partial charge in [-0.25, -0.2) is 0 Å². The zero-order chi connectivity index (χ0) is 9.02. The molecule has 1 atom stereocenters. The molecule has 0 saturated carbocycles. The molecule has 0 amide bonds. The van der Waals surface area contributed by atoms with E-state index in [-0.39, 0.29) is 6.04 Å². The lowest BCUT2D eigenvalue weighted by Gasteiger charge is -2.16. The summed E-state index contributed by atoms with van der Waals surface area (Å²) in [4.78, 5) is 0. The van der Waals surface area contributed by atoms with Crippen molar-refractivity contribution in [3.05, 3.63) is 11.6 Å². The van der Waals surface area contributed by atoms with E-state index < -0.39 is 0 Å². The zero-order valence-corrected chi connectivity index (χ0v) is 8.39. The molecule has 1 nitrogen and oxygen atoms in total. The number of allylic oxidation sites excluding steroid dienone is 1. The first-order chi connectivity index (χ1) is 4.95. The van der Waals surface area contributed by atoms with Crippen LogP contribution in [0.3, 0.4) is 0 Å². The van der Waals surface area contributed by atoms with Gasteiger partial charge < -0.3 is 5.73 Å². The summed E-state index contributed by atoms with van der Waals surface area (Å²) in [6.45, 7) is 10.9. The third-order valence-electron chi connectivity index (χ3n) is 1.79. The first-order valence-electron chi connectivity index (χ1n) is 4.42. The first-order valence-corrected chi connectivity index (χ1v) is 4.42. The van der Waals surface area contributed by atoms with Crippen molar-refractivity contribution >= 4 is 0 Å². The van der Waals surface area contributed by atoms with Gasteiger partial charge in [-0.2, -0.15) is 0 Å². The largest absolute Gasteiger partial charge is 0.325 e. The summed E-state index contributed by atoms with van der Waals surface area (Å²) in [5.41, 5.74) is 7.16. The van der Waals surface area contributed by atoms with Crippen molar-refractivity contribution in [2.75, 3.05) is 0 Å². The molecule has 2 N–H and O–H groups in total. The number of rotatable bonds is 3. The van der Waals surface area contributed by atoms with Crippen LogP contribution in [0.5, 0.6) is 0 Å². The van der Waals surface area contributed by atoms with Crippen molar-refractivity contribution in [1.82, 2.24) is 0 Å². The Morgan fingerprint density at radius 1 is 1.00 bits per heavy atom. The van der Waals surface area contributed by atoms with Gasteiger partial charge in [0.15, 0.2) is 0 Å². The number of nitrogens with two attached hydrogens (primary N) is 1. The van der Waals surface area contributed by atoms with E-state index in [2.05, 4.69) is 33.8 Å². The molecule has 0 unspecified atom stereocenters. The van der Waals surface area contributed by atoms with Crippen molar-refractivity contribution in [2.45, 2.75) is 40.7 Å². The summed E-state index contributed by atoms with van der Waals surface area (Å²) in [5.74, 6) is 1.25. The SMILES string of the molecule is CC(C)C(=C[C@H](C)N)C(C)C. The van der Waals surface area contributed by atoms with Gasteiger partial charge in [-0.3, -0.25) is 0 Å². The molecular formula is C10H21N. The molecular weight excluding hydrogens is 134 g/mol. The maximum absolute atomic E-state index is 5.69. The highest BCUT2D eigenvalue weighted by atomic mass is 14.6. The summed E-state index contributed by atoms with van der Waals surface area (Å²) in [6, 6.07) is 0.190. The van der Waals surface area contributed by atoms with Crippen LogP contribution in [0.4, 0.5) is 0 Å². The minimum atomic E-state index is 0.190. The van der Waals surface area contributed by atoms with Crippen LogP contribution < -0.4 is 5.73 Å². The van der Waals surface area contributed by atoms with E-state index in [9.17, 15) is 0 Å². The Hall–Kier alpha value is -0.300. The maximum Gasteiger partial charge on any atom is 0.0197 e. The van der Waals surface area contributed by atoms with Gasteiger partial charge in [0, 0.05) is 6.04 Å². The fourth-order valence-corrected chi connectivity index (χ4v) is 1.36. The fraction of sp³-hybridized carbons (Fsp3) is 0.800. The van der Waals surface area contributed by atoms with Crippen molar-refractivity contribution in [1.29, 1.82) is 0 Å². The van der Waals surface area contributed by atoms with E-state index in [1.165, 1.54) is 5.57 Å². The van der Waals surface area contributed by atoms with Crippen LogP contribution in [0.1, 0.15) is 34.6 Å². The molecule has 0 spiro atoms. The molecule has 0 bridgehead atoms. The smallest absolute Gasteiger partial charge is 0.0197 e. The zero-order valence-electron chi connectivity index (χ0n) is 8.39. The van der Waals surface area contributed by atoms with E-state index in [1.54, 1.807) is 0 Å². The Labute approximate surface area is 70.7 Å². The van der Waals surface area contributed by atoms with Crippen LogP contribution in [-0.4, -0.2) is 6.04 Å². The summed E-state index contributed by atoms with van der Waals surface area (Å²) >= 11 is 0. The van der Waals surface area contributed by atoms with Crippen molar-refractivity contribution < 1.29 is 0 Å². The molecule has 1 heteroatoms. The standard InChI is InChI=1S/C10H21N/c1-7(2)10(8(3)4)6-9(5)11/h6-9H,11H2,1-5H3/t9-/m0/s1. The predicted octanol–water partition coefficient (Wildman–Crippen LogP) is 2.57. The lowest BCUT2D eigenvalue weighted by molar-refractivity contribution is 0.615. The van der Waals surface area contributed by atoms with E-state index >= 15 is 0 Å². The molecule has 66 valence electrons. The van der Waals surface area contributed by atoms with Crippen molar-refractivity contribution in [3.63, 3.8) is 0 Å². The van der Waals surface area contributed by atoms with E-state index in [0.29, 0.717) is 11.8 Å². The summed E-state index contributed by atoms with van der Waals surface area (Å²) < 4.78 is 0. The Balaban J connectivity index is 4.33. The monoisotopic (exact) mass is 155 g/mol. The Morgan fingerprint density at radius 2 is 1.36 bits per heavy atom.